The van der Waals surface area contributed by atoms with Crippen molar-refractivity contribution in [2.75, 3.05) is 17.2 Å². The Bertz CT molecular complexity index is 1400. The number of rotatable bonds is 8. The Morgan fingerprint density at radius 2 is 1.76 bits per heavy atom. The van der Waals surface area contributed by atoms with E-state index in [9.17, 15) is 0 Å². The highest BCUT2D eigenvalue weighted by molar-refractivity contribution is 5.94. The van der Waals surface area contributed by atoms with Gasteiger partial charge >= 0.3 is 0 Å². The molecule has 0 bridgehead atoms. The van der Waals surface area contributed by atoms with Gasteiger partial charge in [0.15, 0.2) is 0 Å². The van der Waals surface area contributed by atoms with Crippen LogP contribution in [-0.4, -0.2) is 44.0 Å². The normalized spacial score (nSPS) is 16.3. The Kier molecular flexibility index (Phi) is 6.94. The SMILES string of the molecule is C=CNc1nc(NC(C)(C)C2CCCN2C(C)C)nc(-c2ccncc2)c1-c1ccc2ccccc2c1. The molecule has 1 fully saturated rings. The summed E-state index contributed by atoms with van der Waals surface area (Å²) < 4.78 is 0. The van der Waals surface area contributed by atoms with Crippen molar-refractivity contribution >= 4 is 22.5 Å². The molecule has 1 atom stereocenters. The van der Waals surface area contributed by atoms with Crippen LogP contribution < -0.4 is 10.6 Å². The Morgan fingerprint density at radius 1 is 1.00 bits per heavy atom. The van der Waals surface area contributed by atoms with E-state index in [1.165, 1.54) is 17.2 Å². The number of benzene rings is 2. The number of nitrogens with zero attached hydrogens (tertiary/aromatic N) is 4. The number of aromatic nitrogens is 3. The molecule has 0 aliphatic carbocycles. The maximum absolute atomic E-state index is 5.13. The second-order valence-corrected chi connectivity index (χ2v) is 10.6. The zero-order valence-electron chi connectivity index (χ0n) is 22.2. The first-order chi connectivity index (χ1) is 17.9. The first-order valence-corrected chi connectivity index (χ1v) is 13.1. The molecule has 4 aromatic rings. The third-order valence-electron chi connectivity index (χ3n) is 7.36. The quantitative estimate of drug-likeness (QED) is 0.277. The fourth-order valence-corrected chi connectivity index (χ4v) is 5.61. The molecule has 6 heteroatoms. The molecule has 0 spiro atoms. The van der Waals surface area contributed by atoms with Crippen LogP contribution in [0, 0.1) is 0 Å². The Labute approximate surface area is 219 Å². The lowest BCUT2D eigenvalue weighted by atomic mass is 9.92. The topological polar surface area (TPSA) is 66.0 Å². The van der Waals surface area contributed by atoms with Crippen molar-refractivity contribution in [1.82, 2.24) is 19.9 Å². The van der Waals surface area contributed by atoms with Gasteiger partial charge in [-0.25, -0.2) is 4.98 Å². The van der Waals surface area contributed by atoms with Gasteiger partial charge in [-0.05, 0) is 87.8 Å². The molecule has 1 unspecified atom stereocenters. The van der Waals surface area contributed by atoms with Gasteiger partial charge in [0.1, 0.15) is 5.82 Å². The van der Waals surface area contributed by atoms with Crippen LogP contribution in [0.15, 0.2) is 79.8 Å². The lowest BCUT2D eigenvalue weighted by Gasteiger charge is -2.40. The van der Waals surface area contributed by atoms with Crippen LogP contribution >= 0.6 is 0 Å². The first-order valence-electron chi connectivity index (χ1n) is 13.1. The first kappa shape index (κ1) is 24.9. The highest BCUT2D eigenvalue weighted by Gasteiger charge is 2.39. The van der Waals surface area contributed by atoms with E-state index in [4.69, 9.17) is 9.97 Å². The van der Waals surface area contributed by atoms with Gasteiger partial charge in [0.25, 0.3) is 0 Å². The zero-order chi connectivity index (χ0) is 26.0. The van der Waals surface area contributed by atoms with E-state index in [-0.39, 0.29) is 5.54 Å². The van der Waals surface area contributed by atoms with Gasteiger partial charge < -0.3 is 10.6 Å². The summed E-state index contributed by atoms with van der Waals surface area (Å²) >= 11 is 0. The molecule has 37 heavy (non-hydrogen) atoms. The summed E-state index contributed by atoms with van der Waals surface area (Å²) in [4.78, 5) is 16.9. The average Bonchev–Trinajstić information content (AvgIpc) is 3.41. The molecule has 6 nitrogen and oxygen atoms in total. The molecular formula is C31H36N6. The maximum atomic E-state index is 5.13. The molecule has 0 radical (unpaired) electrons. The van der Waals surface area contributed by atoms with Crippen molar-refractivity contribution in [2.24, 2.45) is 0 Å². The predicted molar refractivity (Wildman–Crippen MR) is 155 cm³/mol. The molecule has 1 aliphatic heterocycles. The highest BCUT2D eigenvalue weighted by atomic mass is 15.3. The highest BCUT2D eigenvalue weighted by Crippen LogP contribution is 2.39. The van der Waals surface area contributed by atoms with Gasteiger partial charge in [-0.15, -0.1) is 0 Å². The average molecular weight is 493 g/mol. The van der Waals surface area contributed by atoms with Crippen molar-refractivity contribution in [1.29, 1.82) is 0 Å². The lowest BCUT2D eigenvalue weighted by molar-refractivity contribution is 0.156. The van der Waals surface area contributed by atoms with Crippen LogP contribution in [0.25, 0.3) is 33.2 Å². The van der Waals surface area contributed by atoms with Crippen LogP contribution in [0.2, 0.25) is 0 Å². The fourth-order valence-electron chi connectivity index (χ4n) is 5.61. The zero-order valence-corrected chi connectivity index (χ0v) is 22.2. The van der Waals surface area contributed by atoms with Crippen LogP contribution in [0.3, 0.4) is 0 Å². The summed E-state index contributed by atoms with van der Waals surface area (Å²) in [6.45, 7) is 14.1. The van der Waals surface area contributed by atoms with Gasteiger partial charge in [0.05, 0.1) is 16.8 Å². The Hall–Kier alpha value is -3.77. The largest absolute Gasteiger partial charge is 0.348 e. The molecule has 1 aliphatic rings. The lowest BCUT2D eigenvalue weighted by Crippen LogP contribution is -2.53. The van der Waals surface area contributed by atoms with Crippen LogP contribution in [0.5, 0.6) is 0 Å². The van der Waals surface area contributed by atoms with E-state index in [0.717, 1.165) is 41.2 Å². The van der Waals surface area contributed by atoms with Crippen molar-refractivity contribution in [2.45, 2.75) is 58.2 Å². The molecule has 190 valence electrons. The Balaban J connectivity index is 1.64. The minimum atomic E-state index is -0.216. The van der Waals surface area contributed by atoms with Gasteiger partial charge in [0, 0.05) is 30.0 Å². The molecule has 0 saturated carbocycles. The minimum Gasteiger partial charge on any atom is -0.348 e. The summed E-state index contributed by atoms with van der Waals surface area (Å²) in [7, 11) is 0. The van der Waals surface area contributed by atoms with Gasteiger partial charge in [-0.2, -0.15) is 4.98 Å². The number of likely N-dealkylation sites (tertiary alicyclic amines) is 1. The summed E-state index contributed by atoms with van der Waals surface area (Å²) in [5, 5.41) is 9.38. The monoisotopic (exact) mass is 492 g/mol. The van der Waals surface area contributed by atoms with Gasteiger partial charge in [-0.1, -0.05) is 43.0 Å². The fraction of sp³-hybridized carbons (Fsp3) is 0.323. The number of hydrogen-bond acceptors (Lipinski definition) is 6. The number of nitrogens with one attached hydrogen (secondary N) is 2. The van der Waals surface area contributed by atoms with E-state index in [1.54, 1.807) is 18.6 Å². The van der Waals surface area contributed by atoms with E-state index >= 15 is 0 Å². The summed E-state index contributed by atoms with van der Waals surface area (Å²) in [5.74, 6) is 1.32. The van der Waals surface area contributed by atoms with Crippen molar-refractivity contribution in [3.05, 3.63) is 79.8 Å². The summed E-state index contributed by atoms with van der Waals surface area (Å²) in [6.07, 6.45) is 7.65. The second-order valence-electron chi connectivity index (χ2n) is 10.6. The van der Waals surface area contributed by atoms with E-state index in [2.05, 4.69) is 97.3 Å². The molecule has 5 rings (SSSR count). The molecule has 0 amide bonds. The molecule has 1 saturated heterocycles. The van der Waals surface area contributed by atoms with E-state index < -0.39 is 0 Å². The van der Waals surface area contributed by atoms with Crippen molar-refractivity contribution in [3.63, 3.8) is 0 Å². The third kappa shape index (κ3) is 5.07. The summed E-state index contributed by atoms with van der Waals surface area (Å²) in [6, 6.07) is 19.8. The van der Waals surface area contributed by atoms with Gasteiger partial charge in [-0.3, -0.25) is 9.88 Å². The van der Waals surface area contributed by atoms with Crippen LogP contribution in [0.4, 0.5) is 11.8 Å². The van der Waals surface area contributed by atoms with E-state index in [0.29, 0.717) is 18.0 Å². The number of fused-ring (bicyclic) bond motifs is 1. The molecular weight excluding hydrogens is 456 g/mol. The van der Waals surface area contributed by atoms with Crippen LogP contribution in [0.1, 0.15) is 40.5 Å². The Morgan fingerprint density at radius 3 is 2.49 bits per heavy atom. The third-order valence-corrected chi connectivity index (χ3v) is 7.36. The minimum absolute atomic E-state index is 0.216. The molecule has 3 heterocycles. The standard InChI is InChI=1S/C31H36N6/c1-6-33-29-27(25-14-13-22-10-7-8-11-24(22)20-25)28(23-15-17-32-18-16-23)34-30(35-29)36-31(4,5)26-12-9-19-37(26)21(2)3/h6-8,10-11,13-18,20-21,26H,1,9,12,19H2,2-5H3,(H2,33,34,35,36). The smallest absolute Gasteiger partial charge is 0.225 e. The van der Waals surface area contributed by atoms with Gasteiger partial charge in [0.2, 0.25) is 5.95 Å². The summed E-state index contributed by atoms with van der Waals surface area (Å²) in [5.41, 5.74) is 3.60. The van der Waals surface area contributed by atoms with Crippen molar-refractivity contribution < 1.29 is 0 Å². The number of anilines is 2. The molecule has 2 N–H and O–H groups in total. The maximum Gasteiger partial charge on any atom is 0.225 e. The van der Waals surface area contributed by atoms with Crippen LogP contribution in [-0.2, 0) is 0 Å². The molecule has 2 aromatic carbocycles. The van der Waals surface area contributed by atoms with E-state index in [1.807, 2.05) is 12.1 Å². The predicted octanol–water partition coefficient (Wildman–Crippen LogP) is 6.98. The van der Waals surface area contributed by atoms with Crippen molar-refractivity contribution in [3.8, 4) is 22.4 Å². The second kappa shape index (κ2) is 10.3. The number of hydrogen-bond donors (Lipinski definition) is 2. The number of pyridine rings is 1. The molecule has 2 aromatic heterocycles.